The summed E-state index contributed by atoms with van der Waals surface area (Å²) in [5.74, 6) is -1.43. The van der Waals surface area contributed by atoms with E-state index in [2.05, 4.69) is 10.6 Å². The fourth-order valence-corrected chi connectivity index (χ4v) is 4.29. The summed E-state index contributed by atoms with van der Waals surface area (Å²) >= 11 is 0. The number of carbonyl (C=O) groups is 3. The molecule has 11 nitrogen and oxygen atoms in total. The number of nitrogens with zero attached hydrogens (tertiary/aromatic N) is 1. The molecule has 0 bridgehead atoms. The third-order valence-electron chi connectivity index (χ3n) is 6.18. The van der Waals surface area contributed by atoms with Gasteiger partial charge in [-0.2, -0.15) is 0 Å². The Morgan fingerprint density at radius 3 is 2.75 bits per heavy atom. The van der Waals surface area contributed by atoms with Crippen molar-refractivity contribution < 1.29 is 33.9 Å². The first-order valence-electron chi connectivity index (χ1n) is 10.5. The Hall–Kier alpha value is -2.83. The monoisotopic (exact) mass is 446 g/mol. The van der Waals surface area contributed by atoms with Crippen molar-refractivity contribution in [3.8, 4) is 11.5 Å². The van der Waals surface area contributed by atoms with Gasteiger partial charge < -0.3 is 35.9 Å². The number of hydrogen-bond donors (Lipinski definition) is 5. The number of nitrogens with two attached hydrogens (primary N) is 1. The number of nitrogens with one attached hydrogen (secondary N) is 2. The van der Waals surface area contributed by atoms with E-state index in [0.717, 1.165) is 12.0 Å². The van der Waals surface area contributed by atoms with Gasteiger partial charge in [0.05, 0.1) is 6.54 Å². The number of amides is 2. The molecule has 32 heavy (non-hydrogen) atoms. The Labute approximate surface area is 185 Å². The van der Waals surface area contributed by atoms with Crippen molar-refractivity contribution in [2.24, 2.45) is 5.73 Å². The number of fused-ring (bicyclic) bond motifs is 3. The molecular weight excluding hydrogens is 419 g/mol. The molecule has 1 aliphatic carbocycles. The van der Waals surface area contributed by atoms with E-state index in [9.17, 15) is 24.5 Å². The molecule has 3 atom stereocenters. The number of carbonyl (C=O) groups excluding carboxylic acids is 2. The maximum atomic E-state index is 12.3. The second kappa shape index (κ2) is 8.26. The van der Waals surface area contributed by atoms with Gasteiger partial charge >= 0.3 is 13.1 Å². The number of ether oxygens (including phenoxy) is 1. The Morgan fingerprint density at radius 1 is 1.38 bits per heavy atom. The first kappa shape index (κ1) is 22.4. The topological polar surface area (TPSA) is 163 Å². The molecule has 172 valence electrons. The van der Waals surface area contributed by atoms with Crippen LogP contribution in [0.4, 0.5) is 0 Å². The summed E-state index contributed by atoms with van der Waals surface area (Å²) in [5.41, 5.74) is 5.63. The van der Waals surface area contributed by atoms with Gasteiger partial charge in [-0.15, -0.1) is 0 Å². The Morgan fingerprint density at radius 2 is 2.09 bits per heavy atom. The second-order valence-corrected chi connectivity index (χ2v) is 8.88. The molecule has 2 amide bonds. The van der Waals surface area contributed by atoms with Crippen molar-refractivity contribution in [2.45, 2.75) is 36.7 Å². The molecule has 2 heterocycles. The molecule has 12 heteroatoms. The molecule has 6 N–H and O–H groups in total. The molecule has 2 fully saturated rings. The lowest BCUT2D eigenvalue weighted by Crippen LogP contribution is -2.64. The van der Waals surface area contributed by atoms with Crippen molar-refractivity contribution in [3.05, 3.63) is 23.3 Å². The van der Waals surface area contributed by atoms with Gasteiger partial charge in [0, 0.05) is 32.5 Å². The number of likely N-dealkylation sites (N-methyl/N-ethyl adjacent to an activating group) is 1. The van der Waals surface area contributed by atoms with Gasteiger partial charge in [-0.1, -0.05) is 6.07 Å². The van der Waals surface area contributed by atoms with Crippen molar-refractivity contribution >= 4 is 24.9 Å². The minimum Gasteiger partial charge on any atom is -0.535 e. The fourth-order valence-electron chi connectivity index (χ4n) is 4.29. The number of likely N-dealkylation sites (tertiary alicyclic amines) is 1. The summed E-state index contributed by atoms with van der Waals surface area (Å²) in [7, 11) is 0.475. The van der Waals surface area contributed by atoms with Gasteiger partial charge in [-0.25, -0.2) is 4.79 Å². The second-order valence-electron chi connectivity index (χ2n) is 8.88. The van der Waals surface area contributed by atoms with Crippen LogP contribution >= 0.6 is 0 Å². The highest BCUT2D eigenvalue weighted by molar-refractivity contribution is 6.48. The Bertz CT molecular complexity index is 950. The van der Waals surface area contributed by atoms with Crippen LogP contribution in [-0.4, -0.2) is 84.8 Å². The summed E-state index contributed by atoms with van der Waals surface area (Å²) in [6, 6.07) is 3.44. The summed E-state index contributed by atoms with van der Waals surface area (Å²) in [5, 5.41) is 24.7. The minimum absolute atomic E-state index is 0.0234. The predicted octanol–water partition coefficient (Wildman–Crippen LogP) is -1.24. The molecule has 0 unspecified atom stereocenters. The Balaban J connectivity index is 1.35. The molecule has 0 spiro atoms. The van der Waals surface area contributed by atoms with E-state index >= 15 is 0 Å². The molecule has 2 aliphatic heterocycles. The number of aromatic carboxylic acids is 1. The van der Waals surface area contributed by atoms with Crippen LogP contribution in [0.2, 0.25) is 5.82 Å². The van der Waals surface area contributed by atoms with E-state index in [4.69, 9.17) is 15.1 Å². The highest BCUT2D eigenvalue weighted by atomic mass is 16.5. The zero-order chi connectivity index (χ0) is 23.2. The van der Waals surface area contributed by atoms with Gasteiger partial charge in [0.1, 0.15) is 28.7 Å². The average molecular weight is 446 g/mol. The summed E-state index contributed by atoms with van der Waals surface area (Å²) in [6.45, 7) is 2.60. The largest absolute Gasteiger partial charge is 0.535 e. The third-order valence-corrected chi connectivity index (χ3v) is 6.18. The van der Waals surface area contributed by atoms with Crippen LogP contribution in [0.5, 0.6) is 11.5 Å². The normalized spacial score (nSPS) is 23.6. The first-order chi connectivity index (χ1) is 15.1. The lowest BCUT2D eigenvalue weighted by Gasteiger charge is -2.42. The lowest BCUT2D eigenvalue weighted by molar-refractivity contribution is -0.130. The third kappa shape index (κ3) is 4.25. The van der Waals surface area contributed by atoms with E-state index < -0.39 is 24.5 Å². The quantitative estimate of drug-likeness (QED) is 0.307. The molecule has 1 saturated heterocycles. The van der Waals surface area contributed by atoms with E-state index in [1.807, 2.05) is 4.90 Å². The van der Waals surface area contributed by atoms with Crippen LogP contribution < -0.4 is 25.8 Å². The van der Waals surface area contributed by atoms with Crippen LogP contribution in [0.25, 0.3) is 0 Å². The number of rotatable bonds is 8. The zero-order valence-corrected chi connectivity index (χ0v) is 18.0. The van der Waals surface area contributed by atoms with Gasteiger partial charge in [0.2, 0.25) is 11.8 Å². The zero-order valence-electron chi connectivity index (χ0n) is 18.0. The van der Waals surface area contributed by atoms with Crippen LogP contribution in [0.1, 0.15) is 35.2 Å². The summed E-state index contributed by atoms with van der Waals surface area (Å²) in [4.78, 5) is 37.4. The first-order valence-corrected chi connectivity index (χ1v) is 10.5. The standard InChI is InChI=1S/C20H27BN4O7/c1-20(22,19(29)24-6-15(26)23-2)9-25-7-10(8-25)31-14-4-3-11-12-5-13(12)21(30)32-17(11)16(14)18(27)28/h3-4,10,12-13,30H,5-9,22H2,1-2H3,(H,23,26)(H,24,29)(H,27,28)/t12-,13-,20+/m1/s1. The average Bonchev–Trinajstić information content (AvgIpc) is 3.51. The molecular formula is C20H27BN4O7. The maximum absolute atomic E-state index is 12.3. The van der Waals surface area contributed by atoms with Gasteiger partial charge in [0.25, 0.3) is 0 Å². The van der Waals surface area contributed by atoms with Gasteiger partial charge in [0.15, 0.2) is 0 Å². The SMILES string of the molecule is CNC(=O)CNC(=O)[C@@](C)(N)CN1CC(Oc2ccc3c(c2C(=O)O)OB(O)[C@@H]2C[C@H]32)C1. The van der Waals surface area contributed by atoms with E-state index in [1.54, 1.807) is 19.1 Å². The van der Waals surface area contributed by atoms with Crippen molar-refractivity contribution in [2.75, 3.05) is 33.2 Å². The molecule has 1 aromatic carbocycles. The molecule has 0 radical (unpaired) electrons. The van der Waals surface area contributed by atoms with Crippen molar-refractivity contribution in [3.63, 3.8) is 0 Å². The van der Waals surface area contributed by atoms with Crippen molar-refractivity contribution in [1.82, 2.24) is 15.5 Å². The number of benzene rings is 1. The Kier molecular flexibility index (Phi) is 5.78. The van der Waals surface area contributed by atoms with Crippen LogP contribution in [-0.2, 0) is 9.59 Å². The molecule has 1 saturated carbocycles. The smallest absolute Gasteiger partial charge is 0.526 e. The highest BCUT2D eigenvalue weighted by Crippen LogP contribution is 2.60. The molecule has 1 aromatic rings. The van der Waals surface area contributed by atoms with Crippen LogP contribution in [0.15, 0.2) is 12.1 Å². The van der Waals surface area contributed by atoms with Gasteiger partial charge in [-0.3, -0.25) is 14.5 Å². The maximum Gasteiger partial charge on any atom is 0.526 e. The fraction of sp³-hybridized carbons (Fsp3) is 0.550. The van der Waals surface area contributed by atoms with Crippen molar-refractivity contribution in [1.29, 1.82) is 0 Å². The van der Waals surface area contributed by atoms with E-state index in [0.29, 0.717) is 13.1 Å². The molecule has 0 aromatic heterocycles. The summed E-state index contributed by atoms with van der Waals surface area (Å²) < 4.78 is 11.4. The number of carboxylic acid groups (broad SMARTS) is 1. The predicted molar refractivity (Wildman–Crippen MR) is 114 cm³/mol. The number of carboxylic acids is 1. The molecule has 3 aliphatic rings. The summed E-state index contributed by atoms with van der Waals surface area (Å²) in [6.07, 6.45) is 0.498. The minimum atomic E-state index is -1.21. The lowest BCUT2D eigenvalue weighted by atomic mass is 9.77. The van der Waals surface area contributed by atoms with Crippen LogP contribution in [0.3, 0.4) is 0 Å². The van der Waals surface area contributed by atoms with E-state index in [1.165, 1.54) is 7.05 Å². The number of hydrogen-bond acceptors (Lipinski definition) is 8. The van der Waals surface area contributed by atoms with Crippen LogP contribution in [0, 0.1) is 0 Å². The van der Waals surface area contributed by atoms with Gasteiger partial charge in [-0.05, 0) is 30.9 Å². The highest BCUT2D eigenvalue weighted by Gasteiger charge is 2.54. The van der Waals surface area contributed by atoms with E-state index in [-0.39, 0.29) is 53.9 Å². The molecule has 4 rings (SSSR count).